The predicted molar refractivity (Wildman–Crippen MR) is 108 cm³/mol. The van der Waals surface area contributed by atoms with E-state index in [2.05, 4.69) is 61.6 Å². The Bertz CT molecular complexity index is 966. The zero-order valence-electron chi connectivity index (χ0n) is 15.0. The van der Waals surface area contributed by atoms with Crippen LogP contribution in [0, 0.1) is 0 Å². The third-order valence-corrected chi connectivity index (χ3v) is 5.40. The molecule has 0 atom stereocenters. The van der Waals surface area contributed by atoms with E-state index in [9.17, 15) is 10.0 Å². The maximum Gasteiger partial charge on any atom is 0.488 e. The lowest BCUT2D eigenvalue weighted by Crippen LogP contribution is -2.33. The molecule has 3 N–H and O–H groups in total. The summed E-state index contributed by atoms with van der Waals surface area (Å²) in [5.74, 6) is 0. The van der Waals surface area contributed by atoms with E-state index in [1.54, 1.807) is 6.07 Å². The summed E-state index contributed by atoms with van der Waals surface area (Å²) in [6.07, 6.45) is 0. The average molecular weight is 343 g/mol. The fourth-order valence-electron chi connectivity index (χ4n) is 3.96. The van der Waals surface area contributed by atoms with Crippen LogP contribution in [0.2, 0.25) is 0 Å². The number of benzene rings is 3. The van der Waals surface area contributed by atoms with E-state index in [1.807, 2.05) is 18.2 Å². The molecule has 0 aromatic heterocycles. The molecule has 0 bridgehead atoms. The number of rotatable bonds is 4. The number of hydrogen-bond acceptors (Lipinski definition) is 3. The molecule has 0 spiro atoms. The van der Waals surface area contributed by atoms with Gasteiger partial charge in [0.1, 0.15) is 0 Å². The largest absolute Gasteiger partial charge is 0.488 e. The Morgan fingerprint density at radius 3 is 2.35 bits per heavy atom. The Hall–Kier alpha value is -2.56. The SMILES string of the molecule is CC1(C)c2ccccc2-c2ccc(NCc3ccccc3B(O)O)cc21. The second-order valence-corrected chi connectivity index (χ2v) is 7.36. The van der Waals surface area contributed by atoms with Crippen molar-refractivity contribution in [3.8, 4) is 11.1 Å². The number of hydrogen-bond donors (Lipinski definition) is 3. The first-order chi connectivity index (χ1) is 12.5. The van der Waals surface area contributed by atoms with Crippen LogP contribution in [-0.4, -0.2) is 17.2 Å². The molecule has 4 rings (SSSR count). The number of nitrogens with one attached hydrogen (secondary N) is 1. The minimum atomic E-state index is -1.46. The zero-order chi connectivity index (χ0) is 18.3. The number of fused-ring (bicyclic) bond motifs is 3. The highest BCUT2D eigenvalue weighted by Gasteiger charge is 2.35. The van der Waals surface area contributed by atoms with Crippen LogP contribution in [0.3, 0.4) is 0 Å². The first-order valence-corrected chi connectivity index (χ1v) is 8.90. The van der Waals surface area contributed by atoms with E-state index >= 15 is 0 Å². The van der Waals surface area contributed by atoms with Crippen LogP contribution in [0.5, 0.6) is 0 Å². The van der Waals surface area contributed by atoms with Crippen LogP contribution in [0.25, 0.3) is 11.1 Å². The molecule has 26 heavy (non-hydrogen) atoms. The molecule has 3 aromatic carbocycles. The summed E-state index contributed by atoms with van der Waals surface area (Å²) in [7, 11) is -1.46. The van der Waals surface area contributed by atoms with Gasteiger partial charge in [-0.2, -0.15) is 0 Å². The predicted octanol–water partition coefficient (Wildman–Crippen LogP) is 3.28. The Morgan fingerprint density at radius 1 is 0.846 bits per heavy atom. The summed E-state index contributed by atoms with van der Waals surface area (Å²) in [4.78, 5) is 0. The molecule has 4 heteroatoms. The summed E-state index contributed by atoms with van der Waals surface area (Å²) in [5.41, 5.74) is 7.71. The molecule has 1 aliphatic carbocycles. The van der Waals surface area contributed by atoms with Gasteiger partial charge in [-0.1, -0.05) is 68.4 Å². The molecule has 1 aliphatic rings. The minimum Gasteiger partial charge on any atom is -0.423 e. The lowest BCUT2D eigenvalue weighted by molar-refractivity contribution is 0.425. The second kappa shape index (κ2) is 6.31. The van der Waals surface area contributed by atoms with Crippen molar-refractivity contribution in [2.24, 2.45) is 0 Å². The summed E-state index contributed by atoms with van der Waals surface area (Å²) >= 11 is 0. The van der Waals surface area contributed by atoms with Gasteiger partial charge in [0.25, 0.3) is 0 Å². The third-order valence-electron chi connectivity index (χ3n) is 5.40. The van der Waals surface area contributed by atoms with Crippen LogP contribution in [0.15, 0.2) is 66.7 Å². The van der Waals surface area contributed by atoms with Crippen molar-refractivity contribution in [2.45, 2.75) is 25.8 Å². The van der Waals surface area contributed by atoms with Crippen LogP contribution >= 0.6 is 0 Å². The molecule has 0 heterocycles. The maximum absolute atomic E-state index is 9.53. The van der Waals surface area contributed by atoms with Gasteiger partial charge in [-0.25, -0.2) is 0 Å². The lowest BCUT2D eigenvalue weighted by Gasteiger charge is -2.22. The van der Waals surface area contributed by atoms with E-state index in [0.29, 0.717) is 12.0 Å². The summed E-state index contributed by atoms with van der Waals surface area (Å²) in [6.45, 7) is 5.07. The smallest absolute Gasteiger partial charge is 0.423 e. The van der Waals surface area contributed by atoms with E-state index in [-0.39, 0.29) is 5.41 Å². The van der Waals surface area contributed by atoms with Crippen LogP contribution < -0.4 is 10.8 Å². The van der Waals surface area contributed by atoms with Crippen molar-refractivity contribution in [1.82, 2.24) is 0 Å². The van der Waals surface area contributed by atoms with Crippen molar-refractivity contribution in [2.75, 3.05) is 5.32 Å². The Labute approximate surface area is 154 Å². The Morgan fingerprint density at radius 2 is 1.54 bits per heavy atom. The number of anilines is 1. The molecule has 0 amide bonds. The van der Waals surface area contributed by atoms with Crippen molar-refractivity contribution in [3.05, 3.63) is 83.4 Å². The Kier molecular flexibility index (Phi) is 4.10. The summed E-state index contributed by atoms with van der Waals surface area (Å²) in [6, 6.07) is 22.4. The second-order valence-electron chi connectivity index (χ2n) is 7.36. The van der Waals surface area contributed by atoms with Crippen LogP contribution in [-0.2, 0) is 12.0 Å². The van der Waals surface area contributed by atoms with Gasteiger partial charge in [0.15, 0.2) is 0 Å². The normalized spacial score (nSPS) is 13.8. The van der Waals surface area contributed by atoms with E-state index < -0.39 is 7.12 Å². The average Bonchev–Trinajstić information content (AvgIpc) is 2.88. The van der Waals surface area contributed by atoms with Crippen LogP contribution in [0.1, 0.15) is 30.5 Å². The first-order valence-electron chi connectivity index (χ1n) is 8.90. The highest BCUT2D eigenvalue weighted by atomic mass is 16.4. The zero-order valence-corrected chi connectivity index (χ0v) is 15.0. The van der Waals surface area contributed by atoms with Gasteiger partial charge in [0, 0.05) is 17.6 Å². The topological polar surface area (TPSA) is 52.5 Å². The van der Waals surface area contributed by atoms with Crippen molar-refractivity contribution >= 4 is 18.3 Å². The fraction of sp³-hybridized carbons (Fsp3) is 0.182. The van der Waals surface area contributed by atoms with Gasteiger partial charge in [-0.3, -0.25) is 0 Å². The molecule has 0 saturated carbocycles. The van der Waals surface area contributed by atoms with Crippen molar-refractivity contribution in [1.29, 1.82) is 0 Å². The van der Waals surface area contributed by atoms with Crippen molar-refractivity contribution in [3.63, 3.8) is 0 Å². The molecule has 3 nitrogen and oxygen atoms in total. The lowest BCUT2D eigenvalue weighted by atomic mass is 9.77. The van der Waals surface area contributed by atoms with Gasteiger partial charge in [-0.05, 0) is 45.4 Å². The molecule has 0 unspecified atom stereocenters. The monoisotopic (exact) mass is 343 g/mol. The van der Waals surface area contributed by atoms with Gasteiger partial charge in [0.2, 0.25) is 0 Å². The molecule has 0 aliphatic heterocycles. The highest BCUT2D eigenvalue weighted by Crippen LogP contribution is 2.49. The summed E-state index contributed by atoms with van der Waals surface area (Å²) < 4.78 is 0. The minimum absolute atomic E-state index is 0.0250. The highest BCUT2D eigenvalue weighted by molar-refractivity contribution is 6.59. The molecule has 130 valence electrons. The maximum atomic E-state index is 9.53. The quantitative estimate of drug-likeness (QED) is 0.637. The van der Waals surface area contributed by atoms with E-state index in [4.69, 9.17) is 0 Å². The van der Waals surface area contributed by atoms with Gasteiger partial charge < -0.3 is 15.4 Å². The third kappa shape index (κ3) is 2.72. The molecule has 3 aromatic rings. The fourth-order valence-corrected chi connectivity index (χ4v) is 3.96. The first kappa shape index (κ1) is 16.9. The van der Waals surface area contributed by atoms with E-state index in [0.717, 1.165) is 11.3 Å². The van der Waals surface area contributed by atoms with Gasteiger partial charge in [-0.15, -0.1) is 0 Å². The van der Waals surface area contributed by atoms with Gasteiger partial charge in [0.05, 0.1) is 0 Å². The van der Waals surface area contributed by atoms with E-state index in [1.165, 1.54) is 22.3 Å². The molecular formula is C22H22BNO2. The molecular weight excluding hydrogens is 321 g/mol. The molecule has 0 radical (unpaired) electrons. The molecule has 0 fully saturated rings. The van der Waals surface area contributed by atoms with Crippen molar-refractivity contribution < 1.29 is 10.0 Å². The van der Waals surface area contributed by atoms with Crippen LogP contribution in [0.4, 0.5) is 5.69 Å². The molecule has 0 saturated heterocycles. The summed E-state index contributed by atoms with van der Waals surface area (Å²) in [5, 5.41) is 22.5. The Balaban J connectivity index is 1.63. The van der Waals surface area contributed by atoms with Gasteiger partial charge >= 0.3 is 7.12 Å². The standard InChI is InChI=1S/C22H22BNO2/c1-22(2)19-9-5-4-8-17(19)18-12-11-16(13-20(18)22)24-14-15-7-3-6-10-21(15)23(25)26/h3-13,24-26H,14H2,1-2H3.